The van der Waals surface area contributed by atoms with E-state index in [0.717, 1.165) is 6.54 Å². The monoisotopic (exact) mass is 374 g/mol. The van der Waals surface area contributed by atoms with Gasteiger partial charge in [-0.05, 0) is 79.5 Å². The van der Waals surface area contributed by atoms with E-state index >= 15 is 0 Å². The van der Waals surface area contributed by atoms with Crippen LogP contribution in [0.2, 0.25) is 0 Å². The normalized spacial score (nSPS) is 24.3. The van der Waals surface area contributed by atoms with Crippen molar-refractivity contribution in [1.82, 2.24) is 9.88 Å². The molecule has 2 unspecified atom stereocenters. The van der Waals surface area contributed by atoms with Gasteiger partial charge in [-0.25, -0.2) is 4.79 Å². The van der Waals surface area contributed by atoms with Crippen LogP contribution in [0.5, 0.6) is 0 Å². The van der Waals surface area contributed by atoms with Crippen LogP contribution in [0, 0.1) is 19.8 Å². The molecule has 2 aliphatic rings. The summed E-state index contributed by atoms with van der Waals surface area (Å²) in [7, 11) is 0. The van der Waals surface area contributed by atoms with E-state index in [4.69, 9.17) is 0 Å². The van der Waals surface area contributed by atoms with Crippen LogP contribution < -0.4 is 0 Å². The summed E-state index contributed by atoms with van der Waals surface area (Å²) in [6.45, 7) is 5.34. The summed E-state index contributed by atoms with van der Waals surface area (Å²) in [6.07, 6.45) is 5.85. The van der Waals surface area contributed by atoms with Crippen LogP contribution in [0.1, 0.15) is 57.9 Å². The number of H-pyrrole nitrogens is 1. The zero-order valence-electron chi connectivity index (χ0n) is 16.4. The van der Waals surface area contributed by atoms with Crippen LogP contribution in [0.25, 0.3) is 10.9 Å². The van der Waals surface area contributed by atoms with Crippen molar-refractivity contribution < 1.29 is 9.90 Å². The Morgan fingerprint density at radius 3 is 2.68 bits per heavy atom. The van der Waals surface area contributed by atoms with Crippen LogP contribution in [0.15, 0.2) is 42.6 Å². The first kappa shape index (κ1) is 17.5. The predicted molar refractivity (Wildman–Crippen MR) is 111 cm³/mol. The Bertz CT molecular complexity index is 1050. The summed E-state index contributed by atoms with van der Waals surface area (Å²) in [4.78, 5) is 17.3. The number of carboxylic acid groups (broad SMARTS) is 1. The maximum Gasteiger partial charge on any atom is 0.335 e. The second-order valence-electron chi connectivity index (χ2n) is 8.53. The molecule has 1 saturated carbocycles. The molecule has 0 amide bonds. The van der Waals surface area contributed by atoms with E-state index in [1.807, 2.05) is 18.3 Å². The molecule has 2 N–H and O–H groups in total. The molecule has 4 nitrogen and oxygen atoms in total. The Hall–Kier alpha value is -2.59. The predicted octanol–water partition coefficient (Wildman–Crippen LogP) is 5.21. The largest absolute Gasteiger partial charge is 0.478 e. The van der Waals surface area contributed by atoms with Gasteiger partial charge in [0.1, 0.15) is 0 Å². The molecule has 28 heavy (non-hydrogen) atoms. The van der Waals surface area contributed by atoms with Crippen molar-refractivity contribution in [3.63, 3.8) is 0 Å². The van der Waals surface area contributed by atoms with Gasteiger partial charge in [-0.1, -0.05) is 18.2 Å². The van der Waals surface area contributed by atoms with E-state index in [0.29, 0.717) is 23.6 Å². The lowest BCUT2D eigenvalue weighted by molar-refractivity contribution is 0.0696. The van der Waals surface area contributed by atoms with E-state index in [1.165, 1.54) is 52.4 Å². The third-order valence-corrected chi connectivity index (χ3v) is 6.93. The number of hydrogen-bond acceptors (Lipinski definition) is 2. The van der Waals surface area contributed by atoms with Gasteiger partial charge in [0.15, 0.2) is 0 Å². The molecular weight excluding hydrogens is 348 g/mol. The number of carboxylic acids is 1. The van der Waals surface area contributed by atoms with Crippen molar-refractivity contribution >= 4 is 16.9 Å². The first-order chi connectivity index (χ1) is 13.5. The highest BCUT2D eigenvalue weighted by atomic mass is 16.4. The van der Waals surface area contributed by atoms with Crippen LogP contribution >= 0.6 is 0 Å². The van der Waals surface area contributed by atoms with E-state index in [1.54, 1.807) is 12.1 Å². The summed E-state index contributed by atoms with van der Waals surface area (Å²) in [5.74, 6) is -0.186. The van der Waals surface area contributed by atoms with Crippen molar-refractivity contribution in [2.45, 2.75) is 51.7 Å². The number of aryl methyl sites for hydroxylation is 2. The quantitative estimate of drug-likeness (QED) is 0.659. The number of aromatic nitrogens is 1. The van der Waals surface area contributed by atoms with Gasteiger partial charge in [0.25, 0.3) is 0 Å². The molecule has 4 heteroatoms. The number of aromatic carboxylic acids is 1. The summed E-state index contributed by atoms with van der Waals surface area (Å²) < 4.78 is 0. The number of nitrogens with zero attached hydrogens (tertiary/aromatic N) is 1. The molecule has 2 fully saturated rings. The molecule has 0 spiro atoms. The van der Waals surface area contributed by atoms with Gasteiger partial charge >= 0.3 is 5.97 Å². The van der Waals surface area contributed by atoms with Crippen molar-refractivity contribution in [1.29, 1.82) is 0 Å². The Morgan fingerprint density at radius 1 is 1.14 bits per heavy atom. The lowest BCUT2D eigenvalue weighted by Gasteiger charge is -2.36. The topological polar surface area (TPSA) is 56.3 Å². The van der Waals surface area contributed by atoms with Gasteiger partial charge in [-0.3, -0.25) is 4.90 Å². The Kier molecular flexibility index (Phi) is 4.06. The van der Waals surface area contributed by atoms with Crippen molar-refractivity contribution in [3.05, 3.63) is 70.4 Å². The average molecular weight is 374 g/mol. The lowest BCUT2D eigenvalue weighted by Crippen LogP contribution is -2.35. The third kappa shape index (κ3) is 2.67. The van der Waals surface area contributed by atoms with E-state index in [9.17, 15) is 9.90 Å². The minimum Gasteiger partial charge on any atom is -0.478 e. The average Bonchev–Trinajstić information content (AvgIpc) is 3.41. The maximum absolute atomic E-state index is 11.2. The number of aromatic amines is 1. The second-order valence-corrected chi connectivity index (χ2v) is 8.53. The Morgan fingerprint density at radius 2 is 1.93 bits per heavy atom. The number of hydrogen-bond donors (Lipinski definition) is 2. The molecule has 1 aromatic heterocycles. The maximum atomic E-state index is 11.2. The Balaban J connectivity index is 1.52. The molecular formula is C24H26N2O2. The van der Waals surface area contributed by atoms with Crippen LogP contribution in [0.4, 0.5) is 0 Å². The van der Waals surface area contributed by atoms with Crippen molar-refractivity contribution in [3.8, 4) is 0 Å². The smallest absolute Gasteiger partial charge is 0.335 e. The zero-order chi connectivity index (χ0) is 19.4. The number of rotatable bonds is 4. The highest BCUT2D eigenvalue weighted by Gasteiger charge is 2.46. The minimum absolute atomic E-state index is 0.363. The number of piperidine rings is 1. The summed E-state index contributed by atoms with van der Waals surface area (Å²) in [5, 5.41) is 10.5. The van der Waals surface area contributed by atoms with Crippen molar-refractivity contribution in [2.75, 3.05) is 0 Å². The number of benzene rings is 2. The highest BCUT2D eigenvalue weighted by molar-refractivity contribution is 5.88. The number of likely N-dealkylation sites (tertiary alicyclic amines) is 1. The van der Waals surface area contributed by atoms with Crippen LogP contribution in [0.3, 0.4) is 0 Å². The van der Waals surface area contributed by atoms with Gasteiger partial charge in [0.2, 0.25) is 0 Å². The molecule has 1 aliphatic carbocycles. The zero-order valence-corrected chi connectivity index (χ0v) is 16.4. The first-order valence-corrected chi connectivity index (χ1v) is 10.2. The number of carbonyl (C=O) groups is 1. The fourth-order valence-corrected chi connectivity index (χ4v) is 5.63. The fraction of sp³-hybridized carbons (Fsp3) is 0.375. The number of fused-ring (bicyclic) bond motifs is 3. The molecule has 3 aromatic rings. The van der Waals surface area contributed by atoms with Gasteiger partial charge in [0, 0.05) is 35.7 Å². The number of nitrogens with one attached hydrogen (secondary N) is 1. The summed E-state index contributed by atoms with van der Waals surface area (Å²) in [5.41, 5.74) is 6.93. The van der Waals surface area contributed by atoms with Crippen LogP contribution in [-0.4, -0.2) is 27.0 Å². The van der Waals surface area contributed by atoms with Crippen molar-refractivity contribution in [2.24, 2.45) is 5.92 Å². The molecule has 1 aliphatic heterocycles. The van der Waals surface area contributed by atoms with E-state index in [2.05, 4.69) is 35.9 Å². The van der Waals surface area contributed by atoms with E-state index in [-0.39, 0.29) is 0 Å². The SMILES string of the molecule is Cc1cc(C)c2[nH]ccc2c1CN1C2CCC(C2)[C@@H]1c1ccc(C(=O)O)cc1. The van der Waals surface area contributed by atoms with Gasteiger partial charge in [-0.2, -0.15) is 0 Å². The molecule has 144 valence electrons. The lowest BCUT2D eigenvalue weighted by atomic mass is 9.90. The first-order valence-electron chi connectivity index (χ1n) is 10.2. The van der Waals surface area contributed by atoms with E-state index < -0.39 is 5.97 Å². The molecule has 0 radical (unpaired) electrons. The standard InChI is InChI=1S/C24H26N2O2/c1-14-11-15(2)22-20(9-10-25-22)21(14)13-26-19-8-7-18(12-19)23(26)16-3-5-17(6-4-16)24(27)28/h3-6,9-11,18-19,23,25H,7-8,12-13H2,1-2H3,(H,27,28)/t18?,19?,23-/m0/s1. The van der Waals surface area contributed by atoms with Gasteiger partial charge in [-0.15, -0.1) is 0 Å². The molecule has 5 rings (SSSR count). The summed E-state index contributed by atoms with van der Waals surface area (Å²) in [6, 6.07) is 13.1. The fourth-order valence-electron chi connectivity index (χ4n) is 5.63. The Labute approximate surface area is 165 Å². The molecule has 3 atom stereocenters. The second kappa shape index (κ2) is 6.49. The molecule has 1 saturated heterocycles. The van der Waals surface area contributed by atoms with Crippen LogP contribution in [-0.2, 0) is 6.54 Å². The molecule has 2 heterocycles. The summed E-state index contributed by atoms with van der Waals surface area (Å²) >= 11 is 0. The minimum atomic E-state index is -0.860. The molecule has 2 aromatic carbocycles. The van der Waals surface area contributed by atoms with Gasteiger partial charge in [0.05, 0.1) is 5.56 Å². The highest BCUT2D eigenvalue weighted by Crippen LogP contribution is 2.51. The third-order valence-electron chi connectivity index (χ3n) is 6.93. The van der Waals surface area contributed by atoms with Gasteiger partial charge < -0.3 is 10.1 Å². The molecule has 2 bridgehead atoms.